The third-order valence-electron chi connectivity index (χ3n) is 4.30. The molecule has 0 spiro atoms. The van der Waals surface area contributed by atoms with Crippen LogP contribution < -0.4 is 4.90 Å². The summed E-state index contributed by atoms with van der Waals surface area (Å²) in [5, 5.41) is 0. The lowest BCUT2D eigenvalue weighted by Gasteiger charge is -2.34. The number of rotatable bonds is 3. The minimum Gasteiger partial charge on any atom is -0.365 e. The summed E-state index contributed by atoms with van der Waals surface area (Å²) >= 11 is 0. The van der Waals surface area contributed by atoms with E-state index in [2.05, 4.69) is 20.9 Å². The van der Waals surface area contributed by atoms with Crippen molar-refractivity contribution in [1.29, 1.82) is 0 Å². The Kier molecular flexibility index (Phi) is 4.05. The monoisotopic (exact) mass is 290 g/mol. The van der Waals surface area contributed by atoms with Gasteiger partial charge in [0, 0.05) is 38.3 Å². The van der Waals surface area contributed by atoms with E-state index in [0.29, 0.717) is 19.1 Å². The number of carbonyl (C=O) groups excluding carboxylic acids is 1. The minimum atomic E-state index is -0.407. The van der Waals surface area contributed by atoms with Gasteiger partial charge in [-0.3, -0.25) is 4.79 Å². The Bertz CT molecular complexity index is 516. The highest BCUT2D eigenvalue weighted by atomic mass is 16.5. The Morgan fingerprint density at radius 1 is 1.38 bits per heavy atom. The van der Waals surface area contributed by atoms with E-state index < -0.39 is 6.10 Å². The molecule has 6 nitrogen and oxygen atoms in total. The second-order valence-corrected chi connectivity index (χ2v) is 5.97. The highest BCUT2D eigenvalue weighted by molar-refractivity contribution is 5.81. The molecule has 1 aliphatic carbocycles. The molecule has 21 heavy (non-hydrogen) atoms. The molecule has 1 atom stereocenters. The van der Waals surface area contributed by atoms with Gasteiger partial charge in [0.05, 0.1) is 13.2 Å². The van der Waals surface area contributed by atoms with E-state index in [0.717, 1.165) is 18.1 Å². The zero-order valence-electron chi connectivity index (χ0n) is 12.7. The van der Waals surface area contributed by atoms with Crippen LogP contribution in [0, 0.1) is 0 Å². The number of ether oxygens (including phenoxy) is 1. The van der Waals surface area contributed by atoms with Gasteiger partial charge in [-0.15, -0.1) is 0 Å². The molecule has 0 N–H and O–H groups in total. The van der Waals surface area contributed by atoms with Crippen molar-refractivity contribution in [2.75, 3.05) is 38.7 Å². The van der Waals surface area contributed by atoms with Crippen LogP contribution >= 0.6 is 0 Å². The van der Waals surface area contributed by atoms with Crippen LogP contribution in [0.2, 0.25) is 0 Å². The van der Waals surface area contributed by atoms with Crippen LogP contribution in [-0.4, -0.2) is 60.7 Å². The van der Waals surface area contributed by atoms with E-state index in [1.165, 1.54) is 19.3 Å². The summed E-state index contributed by atoms with van der Waals surface area (Å²) in [4.78, 5) is 24.5. The molecule has 114 valence electrons. The first-order valence-electron chi connectivity index (χ1n) is 7.55. The quantitative estimate of drug-likeness (QED) is 0.832. The van der Waals surface area contributed by atoms with Crippen LogP contribution in [0.5, 0.6) is 0 Å². The second kappa shape index (κ2) is 5.97. The summed E-state index contributed by atoms with van der Waals surface area (Å²) < 4.78 is 5.59. The van der Waals surface area contributed by atoms with Crippen molar-refractivity contribution in [3.8, 4) is 0 Å². The fourth-order valence-corrected chi connectivity index (χ4v) is 2.76. The van der Waals surface area contributed by atoms with Crippen molar-refractivity contribution in [1.82, 2.24) is 14.9 Å². The number of amides is 1. The molecule has 2 aliphatic rings. The van der Waals surface area contributed by atoms with Crippen LogP contribution in [0.3, 0.4) is 0 Å². The Balaban J connectivity index is 1.72. The second-order valence-electron chi connectivity index (χ2n) is 5.97. The van der Waals surface area contributed by atoms with Gasteiger partial charge in [0.25, 0.3) is 5.91 Å². The van der Waals surface area contributed by atoms with Gasteiger partial charge in [-0.2, -0.15) is 0 Å². The lowest BCUT2D eigenvalue weighted by Crippen LogP contribution is -2.49. The number of hydrogen-bond acceptors (Lipinski definition) is 5. The molecular weight excluding hydrogens is 268 g/mol. The molecule has 0 bridgehead atoms. The van der Waals surface area contributed by atoms with Gasteiger partial charge in [-0.05, 0) is 12.8 Å². The van der Waals surface area contributed by atoms with E-state index >= 15 is 0 Å². The minimum absolute atomic E-state index is 0.00738. The molecule has 0 aromatic carbocycles. The predicted molar refractivity (Wildman–Crippen MR) is 79.3 cm³/mol. The molecule has 0 radical (unpaired) electrons. The summed E-state index contributed by atoms with van der Waals surface area (Å²) in [5.74, 6) is 1.51. The number of aromatic nitrogens is 2. The largest absolute Gasteiger partial charge is 0.365 e. The maximum absolute atomic E-state index is 12.0. The number of hydrogen-bond donors (Lipinski definition) is 0. The molecule has 2 heterocycles. The Morgan fingerprint density at radius 2 is 2.19 bits per heavy atom. The van der Waals surface area contributed by atoms with Crippen molar-refractivity contribution < 1.29 is 9.53 Å². The first-order chi connectivity index (χ1) is 10.1. The third-order valence-corrected chi connectivity index (χ3v) is 4.30. The van der Waals surface area contributed by atoms with Crippen LogP contribution in [0.15, 0.2) is 12.4 Å². The van der Waals surface area contributed by atoms with E-state index in [-0.39, 0.29) is 5.91 Å². The first-order valence-corrected chi connectivity index (χ1v) is 7.55. The van der Waals surface area contributed by atoms with Gasteiger partial charge in [0.2, 0.25) is 0 Å². The van der Waals surface area contributed by atoms with Crippen LogP contribution in [0.25, 0.3) is 0 Å². The van der Waals surface area contributed by atoms with Gasteiger partial charge in [0.1, 0.15) is 12.1 Å². The first kappa shape index (κ1) is 14.3. The topological polar surface area (TPSA) is 58.6 Å². The molecule has 1 saturated carbocycles. The molecule has 3 rings (SSSR count). The highest BCUT2D eigenvalue weighted by Gasteiger charge is 2.29. The number of nitrogens with zero attached hydrogens (tertiary/aromatic N) is 4. The number of likely N-dealkylation sites (N-methyl/N-ethyl adjacent to an activating group) is 1. The standard InChI is InChI=1S/C15H22N4O2/c1-18(2)15(20)13-9-19(6-7-21-13)14-8-12(16-10-17-14)11-4-3-5-11/h8,10-11,13H,3-7,9H2,1-2H3. The van der Waals surface area contributed by atoms with Gasteiger partial charge in [0.15, 0.2) is 6.10 Å². The molecule has 1 aromatic heterocycles. The SMILES string of the molecule is CN(C)C(=O)C1CN(c2cc(C3CCC3)ncn2)CCO1. The molecule has 6 heteroatoms. The zero-order valence-corrected chi connectivity index (χ0v) is 12.7. The summed E-state index contributed by atoms with van der Waals surface area (Å²) in [6.07, 6.45) is 4.97. The summed E-state index contributed by atoms with van der Waals surface area (Å²) in [5.41, 5.74) is 1.13. The Morgan fingerprint density at radius 3 is 2.86 bits per heavy atom. The molecule has 1 aromatic rings. The van der Waals surface area contributed by atoms with E-state index in [4.69, 9.17) is 4.74 Å². The molecular formula is C15H22N4O2. The molecule has 1 saturated heterocycles. The van der Waals surface area contributed by atoms with Crippen molar-refractivity contribution in [3.05, 3.63) is 18.1 Å². The molecule has 1 amide bonds. The maximum Gasteiger partial charge on any atom is 0.253 e. The maximum atomic E-state index is 12.0. The Hall–Kier alpha value is -1.69. The Labute approximate surface area is 125 Å². The van der Waals surface area contributed by atoms with E-state index in [1.807, 2.05) is 0 Å². The van der Waals surface area contributed by atoms with E-state index in [9.17, 15) is 4.79 Å². The van der Waals surface area contributed by atoms with Crippen LogP contribution in [-0.2, 0) is 9.53 Å². The van der Waals surface area contributed by atoms with Crippen molar-refractivity contribution in [2.45, 2.75) is 31.3 Å². The van der Waals surface area contributed by atoms with Crippen molar-refractivity contribution in [3.63, 3.8) is 0 Å². The lowest BCUT2D eigenvalue weighted by molar-refractivity contribution is -0.141. The van der Waals surface area contributed by atoms with Gasteiger partial charge in [-0.1, -0.05) is 6.42 Å². The van der Waals surface area contributed by atoms with Crippen molar-refractivity contribution >= 4 is 11.7 Å². The highest BCUT2D eigenvalue weighted by Crippen LogP contribution is 2.35. The smallest absolute Gasteiger partial charge is 0.253 e. The average molecular weight is 290 g/mol. The third kappa shape index (κ3) is 3.00. The molecule has 1 unspecified atom stereocenters. The lowest BCUT2D eigenvalue weighted by atomic mass is 9.83. The summed E-state index contributed by atoms with van der Waals surface area (Å²) in [6, 6.07) is 2.08. The normalized spacial score (nSPS) is 22.8. The van der Waals surface area contributed by atoms with Crippen LogP contribution in [0.4, 0.5) is 5.82 Å². The number of carbonyl (C=O) groups is 1. The van der Waals surface area contributed by atoms with Gasteiger partial charge < -0.3 is 14.5 Å². The molecule has 1 aliphatic heterocycles. The zero-order chi connectivity index (χ0) is 14.8. The predicted octanol–water partition coefficient (Wildman–Crippen LogP) is 1.04. The average Bonchev–Trinajstić information content (AvgIpc) is 2.45. The fraction of sp³-hybridized carbons (Fsp3) is 0.667. The number of anilines is 1. The number of morpholine rings is 1. The van der Waals surface area contributed by atoms with Gasteiger partial charge >= 0.3 is 0 Å². The van der Waals surface area contributed by atoms with E-state index in [1.54, 1.807) is 25.3 Å². The fourth-order valence-electron chi connectivity index (χ4n) is 2.76. The molecule has 2 fully saturated rings. The van der Waals surface area contributed by atoms with Crippen LogP contribution in [0.1, 0.15) is 30.9 Å². The summed E-state index contributed by atoms with van der Waals surface area (Å²) in [6.45, 7) is 1.86. The van der Waals surface area contributed by atoms with Gasteiger partial charge in [-0.25, -0.2) is 9.97 Å². The van der Waals surface area contributed by atoms with Crippen molar-refractivity contribution in [2.24, 2.45) is 0 Å². The summed E-state index contributed by atoms with van der Waals surface area (Å²) in [7, 11) is 3.51.